The average molecular weight is 408 g/mol. The van der Waals surface area contributed by atoms with Gasteiger partial charge in [-0.1, -0.05) is 56.9 Å². The van der Waals surface area contributed by atoms with Crippen molar-refractivity contribution in [1.82, 2.24) is 15.8 Å². The number of hydrogen-bond acceptors (Lipinski definition) is 4. The summed E-state index contributed by atoms with van der Waals surface area (Å²) < 4.78 is 12.3. The fourth-order valence-corrected chi connectivity index (χ4v) is 4.37. The first-order chi connectivity index (χ1) is 13.2. The molecule has 156 valence electrons. The van der Waals surface area contributed by atoms with E-state index in [0.29, 0.717) is 19.4 Å². The molecule has 0 aromatic heterocycles. The number of carbonyl (C=O) groups is 2. The van der Waals surface area contributed by atoms with Crippen LogP contribution in [0.2, 0.25) is 19.6 Å². The van der Waals surface area contributed by atoms with E-state index in [1.807, 2.05) is 37.3 Å². The fraction of sp³-hybridized carbons (Fsp3) is 0.600. The van der Waals surface area contributed by atoms with Gasteiger partial charge in [0.2, 0.25) is 5.91 Å². The number of nitrogens with zero attached hydrogens (tertiary/aromatic N) is 1. The number of nitrogens with one attached hydrogen (secondary N) is 2. The Balaban J connectivity index is 2.29. The molecule has 1 aliphatic heterocycles. The third kappa shape index (κ3) is 6.32. The zero-order valence-electron chi connectivity index (χ0n) is 17.5. The summed E-state index contributed by atoms with van der Waals surface area (Å²) >= 11 is 0. The minimum Gasteiger partial charge on any atom is -0.357 e. The highest BCUT2D eigenvalue weighted by Gasteiger charge is 2.38. The number of rotatable bonds is 8. The summed E-state index contributed by atoms with van der Waals surface area (Å²) in [6, 6.07) is 9.28. The topological polar surface area (TPSA) is 79.9 Å². The molecule has 0 bridgehead atoms. The second-order valence-corrected chi connectivity index (χ2v) is 13.3. The summed E-state index contributed by atoms with van der Waals surface area (Å²) in [6.45, 7) is 11.1. The molecule has 1 fully saturated rings. The van der Waals surface area contributed by atoms with Gasteiger partial charge in [-0.3, -0.25) is 4.79 Å². The van der Waals surface area contributed by atoms with Crippen molar-refractivity contribution >= 4 is 20.0 Å². The van der Waals surface area contributed by atoms with Gasteiger partial charge < -0.3 is 14.8 Å². The Morgan fingerprint density at radius 2 is 1.93 bits per heavy atom. The number of hydrazine groups is 1. The van der Waals surface area contributed by atoms with Crippen LogP contribution in [0.4, 0.5) is 4.79 Å². The van der Waals surface area contributed by atoms with E-state index in [2.05, 4.69) is 30.4 Å². The quantitative estimate of drug-likeness (QED) is 0.513. The van der Waals surface area contributed by atoms with Crippen LogP contribution in [0, 0.1) is 0 Å². The first kappa shape index (κ1) is 22.4. The number of ether oxygens (including phenoxy) is 2. The molecule has 1 aromatic rings. The maximum atomic E-state index is 12.4. The molecule has 2 rings (SSSR count). The Morgan fingerprint density at radius 1 is 1.25 bits per heavy atom. The lowest BCUT2D eigenvalue weighted by molar-refractivity contribution is -0.149. The van der Waals surface area contributed by atoms with Gasteiger partial charge in [0.1, 0.15) is 20.1 Å². The molecule has 28 heavy (non-hydrogen) atoms. The molecule has 1 unspecified atom stereocenters. The first-order valence-electron chi connectivity index (χ1n) is 9.93. The summed E-state index contributed by atoms with van der Waals surface area (Å²) in [4.78, 5) is 24.7. The molecule has 7 nitrogen and oxygen atoms in total. The Hall–Kier alpha value is -1.90. The van der Waals surface area contributed by atoms with E-state index < -0.39 is 20.2 Å². The normalized spacial score (nSPS) is 21.5. The maximum Gasteiger partial charge on any atom is 0.333 e. The molecule has 1 heterocycles. The standard InChI is InChI=1S/C20H33N3O4Si/c1-6-18(24)23-14-17(27-20(26-7-2)28(3,4)5)16(21-19(25)22-23)13-15-11-9-8-10-12-15/h8-12,16-17,20H,6-7,13-14H2,1-5H3,(H2,21,22,25)/t16-,17-,20?/m1/s1. The van der Waals surface area contributed by atoms with E-state index in [-0.39, 0.29) is 24.4 Å². The van der Waals surface area contributed by atoms with Crippen LogP contribution in [0.3, 0.4) is 0 Å². The predicted octanol–water partition coefficient (Wildman–Crippen LogP) is 2.69. The number of urea groups is 1. The van der Waals surface area contributed by atoms with E-state index in [0.717, 1.165) is 5.56 Å². The lowest BCUT2D eigenvalue weighted by Gasteiger charge is -2.35. The molecule has 1 aliphatic rings. The largest absolute Gasteiger partial charge is 0.357 e. The smallest absolute Gasteiger partial charge is 0.333 e. The van der Waals surface area contributed by atoms with E-state index in [4.69, 9.17) is 9.47 Å². The van der Waals surface area contributed by atoms with Gasteiger partial charge >= 0.3 is 6.03 Å². The molecule has 3 amide bonds. The van der Waals surface area contributed by atoms with Gasteiger partial charge in [0, 0.05) is 13.0 Å². The lowest BCUT2D eigenvalue weighted by Crippen LogP contribution is -2.52. The molecular formula is C20H33N3O4Si. The van der Waals surface area contributed by atoms with Gasteiger partial charge in [-0.25, -0.2) is 15.2 Å². The molecule has 0 saturated carbocycles. The van der Waals surface area contributed by atoms with Crippen molar-refractivity contribution in [2.45, 2.75) is 64.4 Å². The lowest BCUT2D eigenvalue weighted by atomic mass is 10.0. The highest BCUT2D eigenvalue weighted by molar-refractivity contribution is 6.77. The van der Waals surface area contributed by atoms with Crippen LogP contribution in [-0.4, -0.2) is 56.2 Å². The van der Waals surface area contributed by atoms with Crippen LogP contribution >= 0.6 is 0 Å². The molecule has 1 saturated heterocycles. The highest BCUT2D eigenvalue weighted by atomic mass is 28.3. The van der Waals surface area contributed by atoms with Gasteiger partial charge in [0.05, 0.1) is 12.6 Å². The first-order valence-corrected chi connectivity index (χ1v) is 13.5. The van der Waals surface area contributed by atoms with Crippen LogP contribution in [0.25, 0.3) is 0 Å². The SMILES string of the molecule is CCOC(O[C@@H]1CN(C(=O)CC)NC(=O)N[C@@H]1Cc1ccccc1)[Si](C)(C)C. The van der Waals surface area contributed by atoms with Gasteiger partial charge in [-0.05, 0) is 18.9 Å². The third-order valence-electron chi connectivity index (χ3n) is 4.59. The zero-order chi connectivity index (χ0) is 20.7. The molecule has 8 heteroatoms. The molecular weight excluding hydrogens is 374 g/mol. The van der Waals surface area contributed by atoms with E-state index in [1.54, 1.807) is 6.92 Å². The van der Waals surface area contributed by atoms with Crippen LogP contribution in [0.15, 0.2) is 30.3 Å². The van der Waals surface area contributed by atoms with Gasteiger partial charge in [0.25, 0.3) is 0 Å². The van der Waals surface area contributed by atoms with E-state index >= 15 is 0 Å². The summed E-state index contributed by atoms with van der Waals surface area (Å²) in [5.74, 6) is -0.473. The van der Waals surface area contributed by atoms with Crippen LogP contribution in [-0.2, 0) is 20.7 Å². The summed E-state index contributed by atoms with van der Waals surface area (Å²) in [6.07, 6.45) is 0.523. The van der Waals surface area contributed by atoms with Crippen molar-refractivity contribution in [3.05, 3.63) is 35.9 Å². The minimum atomic E-state index is -1.79. The molecule has 0 aliphatic carbocycles. The minimum absolute atomic E-state index is 0.148. The maximum absolute atomic E-state index is 12.4. The average Bonchev–Trinajstić information content (AvgIpc) is 2.79. The monoisotopic (exact) mass is 407 g/mol. The number of amides is 3. The Labute approximate surface area is 168 Å². The van der Waals surface area contributed by atoms with Crippen molar-refractivity contribution in [1.29, 1.82) is 0 Å². The van der Waals surface area contributed by atoms with Crippen molar-refractivity contribution in [3.8, 4) is 0 Å². The fourth-order valence-electron chi connectivity index (χ4n) is 3.12. The van der Waals surface area contributed by atoms with Gasteiger partial charge in [0.15, 0.2) is 0 Å². The molecule has 2 N–H and O–H groups in total. The molecule has 1 aromatic carbocycles. The van der Waals surface area contributed by atoms with Gasteiger partial charge in [-0.15, -0.1) is 0 Å². The van der Waals surface area contributed by atoms with E-state index in [1.165, 1.54) is 5.01 Å². The number of hydrogen-bond donors (Lipinski definition) is 2. The molecule has 3 atom stereocenters. The molecule has 0 radical (unpaired) electrons. The molecule has 0 spiro atoms. The van der Waals surface area contributed by atoms with Crippen LogP contribution in [0.1, 0.15) is 25.8 Å². The van der Waals surface area contributed by atoms with Crippen LogP contribution < -0.4 is 10.7 Å². The zero-order valence-corrected chi connectivity index (χ0v) is 18.5. The van der Waals surface area contributed by atoms with Crippen molar-refractivity contribution in [2.75, 3.05) is 13.2 Å². The highest BCUT2D eigenvalue weighted by Crippen LogP contribution is 2.20. The predicted molar refractivity (Wildman–Crippen MR) is 111 cm³/mol. The Bertz CT molecular complexity index is 651. The second kappa shape index (κ2) is 10.0. The van der Waals surface area contributed by atoms with Gasteiger partial charge in [-0.2, -0.15) is 0 Å². The van der Waals surface area contributed by atoms with Crippen LogP contribution in [0.5, 0.6) is 0 Å². The van der Waals surface area contributed by atoms with E-state index in [9.17, 15) is 9.59 Å². The Morgan fingerprint density at radius 3 is 2.50 bits per heavy atom. The number of carbonyl (C=O) groups excluding carboxylic acids is 2. The van der Waals surface area contributed by atoms with Crippen molar-refractivity contribution in [3.63, 3.8) is 0 Å². The second-order valence-electron chi connectivity index (χ2n) is 8.07. The third-order valence-corrected chi connectivity index (χ3v) is 6.31. The summed E-state index contributed by atoms with van der Waals surface area (Å²) in [7, 11) is -1.79. The number of benzene rings is 1. The Kier molecular flexibility index (Phi) is 8.03. The summed E-state index contributed by atoms with van der Waals surface area (Å²) in [5.41, 5.74) is 3.74. The van der Waals surface area contributed by atoms with Crippen molar-refractivity contribution in [2.24, 2.45) is 0 Å². The summed E-state index contributed by atoms with van der Waals surface area (Å²) in [5, 5.41) is 4.34. The van der Waals surface area contributed by atoms with Crippen molar-refractivity contribution < 1.29 is 19.1 Å².